The van der Waals surface area contributed by atoms with Crippen molar-refractivity contribution >= 4 is 5.91 Å². The molecule has 5 heteroatoms. The number of carbonyl (C=O) groups is 1. The van der Waals surface area contributed by atoms with Gasteiger partial charge in [0.15, 0.2) is 11.5 Å². The summed E-state index contributed by atoms with van der Waals surface area (Å²) in [6.45, 7) is 4.40. The molecular weight excluding hydrogens is 256 g/mol. The molecule has 5 nitrogen and oxygen atoms in total. The number of nitrogens with zero attached hydrogens (tertiary/aromatic N) is 1. The lowest BCUT2D eigenvalue weighted by atomic mass is 10.0. The van der Waals surface area contributed by atoms with E-state index in [0.29, 0.717) is 19.1 Å². The molecule has 1 amide bonds. The van der Waals surface area contributed by atoms with E-state index in [1.54, 1.807) is 17.0 Å². The predicted octanol–water partition coefficient (Wildman–Crippen LogP) is 1.70. The maximum Gasteiger partial charge on any atom is 0.257 e. The second kappa shape index (κ2) is 6.61. The van der Waals surface area contributed by atoms with Gasteiger partial charge in [-0.15, -0.1) is 0 Å². The number of phenolic OH excluding ortho intramolecular Hbond substituents is 2. The average molecular weight is 278 g/mol. The number of phenols is 2. The molecule has 1 heterocycles. The lowest BCUT2D eigenvalue weighted by molar-refractivity contribution is 0.0691. The lowest BCUT2D eigenvalue weighted by Gasteiger charge is -2.33. The van der Waals surface area contributed by atoms with Gasteiger partial charge in [0.25, 0.3) is 5.91 Å². The van der Waals surface area contributed by atoms with E-state index in [2.05, 4.69) is 12.2 Å². The van der Waals surface area contributed by atoms with Crippen LogP contribution in [0.15, 0.2) is 18.2 Å². The molecule has 1 aliphatic heterocycles. The normalized spacial score (nSPS) is 19.1. The number of hydrogen-bond donors (Lipinski definition) is 3. The van der Waals surface area contributed by atoms with Gasteiger partial charge in [0.1, 0.15) is 0 Å². The van der Waals surface area contributed by atoms with Crippen LogP contribution in [0.1, 0.15) is 36.5 Å². The number of rotatable bonds is 4. The molecule has 0 saturated carbocycles. The summed E-state index contributed by atoms with van der Waals surface area (Å²) in [5.41, 5.74) is 0.168. The van der Waals surface area contributed by atoms with Crippen molar-refractivity contribution in [2.75, 3.05) is 19.6 Å². The third-order valence-corrected chi connectivity index (χ3v) is 3.64. The summed E-state index contributed by atoms with van der Waals surface area (Å²) in [5.74, 6) is -0.809. The number of amides is 1. The van der Waals surface area contributed by atoms with Crippen molar-refractivity contribution in [1.29, 1.82) is 0 Å². The molecule has 1 saturated heterocycles. The van der Waals surface area contributed by atoms with Crippen LogP contribution in [0.25, 0.3) is 0 Å². The predicted molar refractivity (Wildman–Crippen MR) is 77.0 cm³/mol. The van der Waals surface area contributed by atoms with E-state index in [9.17, 15) is 15.0 Å². The highest BCUT2D eigenvalue weighted by Crippen LogP contribution is 2.29. The highest BCUT2D eigenvalue weighted by Gasteiger charge is 2.26. The minimum absolute atomic E-state index is 0.168. The molecule has 1 aromatic carbocycles. The second-order valence-electron chi connectivity index (χ2n) is 5.22. The van der Waals surface area contributed by atoms with Gasteiger partial charge in [-0.25, -0.2) is 0 Å². The Hall–Kier alpha value is -1.75. The largest absolute Gasteiger partial charge is 0.504 e. The second-order valence-corrected chi connectivity index (χ2v) is 5.22. The van der Waals surface area contributed by atoms with Crippen LogP contribution in [0.3, 0.4) is 0 Å². The molecule has 1 atom stereocenters. The first-order valence-electron chi connectivity index (χ1n) is 7.17. The summed E-state index contributed by atoms with van der Waals surface area (Å²) >= 11 is 0. The molecule has 3 N–H and O–H groups in total. The van der Waals surface area contributed by atoms with E-state index in [1.165, 1.54) is 6.07 Å². The van der Waals surface area contributed by atoms with Crippen molar-refractivity contribution in [2.45, 2.75) is 32.2 Å². The number of aromatic hydroxyl groups is 2. The number of nitrogens with one attached hydrogen (secondary N) is 1. The third-order valence-electron chi connectivity index (χ3n) is 3.64. The van der Waals surface area contributed by atoms with Crippen LogP contribution in [-0.2, 0) is 0 Å². The Balaban J connectivity index is 2.06. The average Bonchev–Trinajstić information content (AvgIpc) is 2.47. The molecule has 1 aliphatic rings. The first-order valence-corrected chi connectivity index (χ1v) is 7.17. The highest BCUT2D eigenvalue weighted by molar-refractivity contribution is 5.97. The summed E-state index contributed by atoms with van der Waals surface area (Å²) in [4.78, 5) is 14.2. The van der Waals surface area contributed by atoms with Gasteiger partial charge in [-0.3, -0.25) is 4.79 Å². The summed E-state index contributed by atoms with van der Waals surface area (Å²) < 4.78 is 0. The third kappa shape index (κ3) is 3.22. The first kappa shape index (κ1) is 14.7. The summed E-state index contributed by atoms with van der Waals surface area (Å²) in [6, 6.07) is 4.79. The number of likely N-dealkylation sites (tertiary alicyclic amines) is 1. The quantitative estimate of drug-likeness (QED) is 0.733. The summed E-state index contributed by atoms with van der Waals surface area (Å²) in [6.07, 6.45) is 3.08. The zero-order chi connectivity index (χ0) is 14.5. The van der Waals surface area contributed by atoms with Crippen LogP contribution in [0.2, 0.25) is 0 Å². The zero-order valence-electron chi connectivity index (χ0n) is 11.8. The maximum absolute atomic E-state index is 12.4. The van der Waals surface area contributed by atoms with Crippen molar-refractivity contribution in [1.82, 2.24) is 10.2 Å². The molecule has 110 valence electrons. The lowest BCUT2D eigenvalue weighted by Crippen LogP contribution is -2.48. The molecule has 0 aromatic heterocycles. The van der Waals surface area contributed by atoms with Crippen LogP contribution in [0, 0.1) is 0 Å². The van der Waals surface area contributed by atoms with Crippen LogP contribution in [0.5, 0.6) is 11.5 Å². The Morgan fingerprint density at radius 3 is 3.00 bits per heavy atom. The monoisotopic (exact) mass is 278 g/mol. The summed E-state index contributed by atoms with van der Waals surface area (Å²) in [5, 5.41) is 22.7. The Morgan fingerprint density at radius 2 is 2.25 bits per heavy atom. The molecule has 20 heavy (non-hydrogen) atoms. The Kier molecular flexibility index (Phi) is 4.84. The molecule has 0 bridgehead atoms. The summed E-state index contributed by atoms with van der Waals surface area (Å²) in [7, 11) is 0. The number of para-hydroxylation sites is 1. The number of benzene rings is 1. The molecular formula is C15H22N2O3. The van der Waals surface area contributed by atoms with Crippen molar-refractivity contribution in [3.8, 4) is 11.5 Å². The van der Waals surface area contributed by atoms with Crippen molar-refractivity contribution < 1.29 is 15.0 Å². The van der Waals surface area contributed by atoms with Crippen LogP contribution >= 0.6 is 0 Å². The van der Waals surface area contributed by atoms with Crippen molar-refractivity contribution in [3.05, 3.63) is 23.8 Å². The maximum atomic E-state index is 12.4. The molecule has 2 rings (SSSR count). The SMILES string of the molecule is CCCNC1CCCN(C(=O)c2cccc(O)c2O)C1. The Morgan fingerprint density at radius 1 is 1.45 bits per heavy atom. The molecule has 0 aliphatic carbocycles. The molecule has 0 radical (unpaired) electrons. The van der Waals surface area contributed by atoms with Gasteiger partial charge in [-0.05, 0) is 37.9 Å². The van der Waals surface area contributed by atoms with E-state index in [4.69, 9.17) is 0 Å². The van der Waals surface area contributed by atoms with Gasteiger partial charge in [0, 0.05) is 19.1 Å². The minimum atomic E-state index is -0.332. The van der Waals surface area contributed by atoms with Crippen LogP contribution in [0.4, 0.5) is 0 Å². The standard InChI is InChI=1S/C15H22N2O3/c1-2-8-16-11-5-4-9-17(10-11)15(20)12-6-3-7-13(18)14(12)19/h3,6-7,11,16,18-19H,2,4-5,8-10H2,1H3. The molecule has 0 spiro atoms. The Labute approximate surface area is 119 Å². The highest BCUT2D eigenvalue weighted by atomic mass is 16.3. The van der Waals surface area contributed by atoms with E-state index in [-0.39, 0.29) is 23.0 Å². The minimum Gasteiger partial charge on any atom is -0.504 e. The number of carbonyl (C=O) groups excluding carboxylic acids is 1. The van der Waals surface area contributed by atoms with E-state index in [1.807, 2.05) is 0 Å². The van der Waals surface area contributed by atoms with Gasteiger partial charge in [-0.1, -0.05) is 13.0 Å². The van der Waals surface area contributed by atoms with Gasteiger partial charge in [0.2, 0.25) is 0 Å². The zero-order valence-corrected chi connectivity index (χ0v) is 11.8. The molecule has 1 unspecified atom stereocenters. The fraction of sp³-hybridized carbons (Fsp3) is 0.533. The van der Waals surface area contributed by atoms with E-state index >= 15 is 0 Å². The van der Waals surface area contributed by atoms with E-state index < -0.39 is 0 Å². The van der Waals surface area contributed by atoms with Crippen LogP contribution in [-0.4, -0.2) is 46.7 Å². The first-order chi connectivity index (χ1) is 9.63. The number of hydrogen-bond acceptors (Lipinski definition) is 4. The fourth-order valence-electron chi connectivity index (χ4n) is 2.55. The number of piperidine rings is 1. The van der Waals surface area contributed by atoms with E-state index in [0.717, 1.165) is 25.8 Å². The van der Waals surface area contributed by atoms with Gasteiger partial charge >= 0.3 is 0 Å². The topological polar surface area (TPSA) is 72.8 Å². The fourth-order valence-corrected chi connectivity index (χ4v) is 2.55. The van der Waals surface area contributed by atoms with Gasteiger partial charge in [-0.2, -0.15) is 0 Å². The molecule has 1 fully saturated rings. The van der Waals surface area contributed by atoms with Crippen molar-refractivity contribution in [3.63, 3.8) is 0 Å². The van der Waals surface area contributed by atoms with Crippen LogP contribution < -0.4 is 5.32 Å². The van der Waals surface area contributed by atoms with Crippen molar-refractivity contribution in [2.24, 2.45) is 0 Å². The van der Waals surface area contributed by atoms with Gasteiger partial charge in [0.05, 0.1) is 5.56 Å². The Bertz CT molecular complexity index is 476. The van der Waals surface area contributed by atoms with Gasteiger partial charge < -0.3 is 20.4 Å². The molecule has 1 aromatic rings. The smallest absolute Gasteiger partial charge is 0.257 e.